The Balaban J connectivity index is 2.55. The number of phenols is 1. The van der Waals surface area contributed by atoms with Crippen molar-refractivity contribution >= 4 is 22.7 Å². The first-order valence-corrected chi connectivity index (χ1v) is 4.69. The summed E-state index contributed by atoms with van der Waals surface area (Å²) < 4.78 is 4.57. The summed E-state index contributed by atoms with van der Waals surface area (Å²) in [6, 6.07) is 7.82. The van der Waals surface area contributed by atoms with Gasteiger partial charge in [-0.1, -0.05) is 12.1 Å². The molecule has 4 heteroatoms. The molecule has 0 radical (unpaired) electrons. The maximum absolute atomic E-state index is 11.5. The summed E-state index contributed by atoms with van der Waals surface area (Å²) in [7, 11) is 0. The predicted octanol–water partition coefficient (Wildman–Crippen LogP) is 1.86. The average molecular weight is 214 g/mol. The van der Waals surface area contributed by atoms with Crippen LogP contribution in [0.1, 0.15) is 20.7 Å². The van der Waals surface area contributed by atoms with Gasteiger partial charge in [-0.2, -0.15) is 0 Å². The predicted molar refractivity (Wildman–Crippen MR) is 55.4 cm³/mol. The molecule has 1 heterocycles. The first-order valence-electron chi connectivity index (χ1n) is 4.69. The van der Waals surface area contributed by atoms with Crippen LogP contribution in [0.3, 0.4) is 0 Å². The van der Waals surface area contributed by atoms with Gasteiger partial charge < -0.3 is 9.84 Å². The number of aromatic hydroxyl groups is 1. The Morgan fingerprint density at radius 1 is 1.00 bits per heavy atom. The molecule has 1 N–H and O–H groups in total. The monoisotopic (exact) mass is 214 g/mol. The highest BCUT2D eigenvalue weighted by atomic mass is 16.6. The van der Waals surface area contributed by atoms with E-state index in [9.17, 15) is 14.7 Å². The number of cyclic esters (lactones) is 2. The fourth-order valence-electron chi connectivity index (χ4n) is 1.94. The van der Waals surface area contributed by atoms with E-state index in [4.69, 9.17) is 0 Å². The number of carbonyl (C=O) groups excluding carboxylic acids is 2. The summed E-state index contributed by atoms with van der Waals surface area (Å²) in [6.07, 6.45) is 0. The largest absolute Gasteiger partial charge is 0.508 e. The van der Waals surface area contributed by atoms with Gasteiger partial charge in [-0.25, -0.2) is 9.59 Å². The highest BCUT2D eigenvalue weighted by Gasteiger charge is 2.27. The number of ether oxygens (including phenoxy) is 1. The molecule has 0 aromatic heterocycles. The van der Waals surface area contributed by atoms with Crippen molar-refractivity contribution in [1.29, 1.82) is 0 Å². The first kappa shape index (κ1) is 8.91. The van der Waals surface area contributed by atoms with Crippen LogP contribution in [0.5, 0.6) is 5.75 Å². The number of hydrogen-bond acceptors (Lipinski definition) is 4. The van der Waals surface area contributed by atoms with Gasteiger partial charge >= 0.3 is 11.9 Å². The molecule has 0 atom stereocenters. The average Bonchev–Trinajstić information content (AvgIpc) is 2.25. The van der Waals surface area contributed by atoms with E-state index in [-0.39, 0.29) is 11.3 Å². The number of hydrogen-bond donors (Lipinski definition) is 1. The highest BCUT2D eigenvalue weighted by molar-refractivity contribution is 6.20. The number of benzene rings is 2. The third kappa shape index (κ3) is 1.04. The Morgan fingerprint density at radius 2 is 1.75 bits per heavy atom. The van der Waals surface area contributed by atoms with Crippen LogP contribution in [0.15, 0.2) is 30.3 Å². The van der Waals surface area contributed by atoms with E-state index < -0.39 is 11.9 Å². The van der Waals surface area contributed by atoms with Crippen molar-refractivity contribution in [2.24, 2.45) is 0 Å². The Labute approximate surface area is 90.1 Å². The second kappa shape index (κ2) is 2.82. The molecule has 3 rings (SSSR count). The van der Waals surface area contributed by atoms with E-state index >= 15 is 0 Å². The van der Waals surface area contributed by atoms with E-state index in [0.717, 1.165) is 0 Å². The molecule has 0 spiro atoms. The van der Waals surface area contributed by atoms with Gasteiger partial charge in [0.15, 0.2) is 0 Å². The van der Waals surface area contributed by atoms with Crippen LogP contribution in [0.25, 0.3) is 10.8 Å². The molecule has 0 amide bonds. The van der Waals surface area contributed by atoms with Gasteiger partial charge in [-0.15, -0.1) is 0 Å². The van der Waals surface area contributed by atoms with E-state index in [2.05, 4.69) is 4.74 Å². The fourth-order valence-corrected chi connectivity index (χ4v) is 1.94. The highest BCUT2D eigenvalue weighted by Crippen LogP contribution is 2.31. The van der Waals surface area contributed by atoms with Gasteiger partial charge in [0, 0.05) is 5.39 Å². The van der Waals surface area contributed by atoms with Crippen molar-refractivity contribution in [1.82, 2.24) is 0 Å². The summed E-state index contributed by atoms with van der Waals surface area (Å²) in [5.74, 6) is -1.38. The molecule has 1 aliphatic rings. The van der Waals surface area contributed by atoms with Gasteiger partial charge in [0.1, 0.15) is 5.75 Å². The molecule has 78 valence electrons. The van der Waals surface area contributed by atoms with E-state index in [0.29, 0.717) is 16.3 Å². The molecular weight excluding hydrogens is 208 g/mol. The molecule has 0 unspecified atom stereocenters. The van der Waals surface area contributed by atoms with Crippen LogP contribution in [-0.4, -0.2) is 17.0 Å². The van der Waals surface area contributed by atoms with E-state index in [1.165, 1.54) is 12.1 Å². The molecule has 0 saturated carbocycles. The quantitative estimate of drug-likeness (QED) is 0.537. The van der Waals surface area contributed by atoms with Crippen LogP contribution in [0.4, 0.5) is 0 Å². The molecule has 0 aliphatic carbocycles. The van der Waals surface area contributed by atoms with Gasteiger partial charge in [-0.05, 0) is 23.6 Å². The first-order chi connectivity index (χ1) is 7.66. The molecule has 2 aromatic rings. The van der Waals surface area contributed by atoms with Gasteiger partial charge in [-0.3, -0.25) is 0 Å². The van der Waals surface area contributed by atoms with Crippen LogP contribution in [0, 0.1) is 0 Å². The third-order valence-corrected chi connectivity index (χ3v) is 2.59. The van der Waals surface area contributed by atoms with E-state index in [1.54, 1.807) is 18.2 Å². The second-order valence-electron chi connectivity index (χ2n) is 3.57. The molecule has 4 nitrogen and oxygen atoms in total. The van der Waals surface area contributed by atoms with Crippen molar-refractivity contribution in [2.75, 3.05) is 0 Å². The zero-order valence-electron chi connectivity index (χ0n) is 8.06. The van der Waals surface area contributed by atoms with Crippen LogP contribution in [-0.2, 0) is 4.74 Å². The molecule has 0 bridgehead atoms. The zero-order valence-corrected chi connectivity index (χ0v) is 8.06. The summed E-state index contributed by atoms with van der Waals surface area (Å²) >= 11 is 0. The second-order valence-corrected chi connectivity index (χ2v) is 3.57. The topological polar surface area (TPSA) is 63.6 Å². The number of phenolic OH excluding ortho intramolecular Hbond substituents is 1. The SMILES string of the molecule is O=C1OC(=O)c2cc(O)cc3cccc1c23. The molecule has 2 aromatic carbocycles. The Bertz CT molecular complexity index is 643. The van der Waals surface area contributed by atoms with Gasteiger partial charge in [0.05, 0.1) is 11.1 Å². The summed E-state index contributed by atoms with van der Waals surface area (Å²) in [5.41, 5.74) is 0.581. The van der Waals surface area contributed by atoms with Gasteiger partial charge in [0.2, 0.25) is 0 Å². The van der Waals surface area contributed by atoms with Crippen molar-refractivity contribution in [2.45, 2.75) is 0 Å². The lowest BCUT2D eigenvalue weighted by molar-refractivity contribution is 0.0391. The Morgan fingerprint density at radius 3 is 2.56 bits per heavy atom. The summed E-state index contributed by atoms with van der Waals surface area (Å²) in [6.45, 7) is 0. The third-order valence-electron chi connectivity index (χ3n) is 2.59. The van der Waals surface area contributed by atoms with Crippen molar-refractivity contribution in [3.05, 3.63) is 41.5 Å². The Kier molecular flexibility index (Phi) is 1.57. The smallest absolute Gasteiger partial charge is 0.346 e. The summed E-state index contributed by atoms with van der Waals surface area (Å²) in [4.78, 5) is 22.9. The molecule has 1 aliphatic heterocycles. The van der Waals surface area contributed by atoms with Crippen molar-refractivity contribution in [3.8, 4) is 5.75 Å². The minimum atomic E-state index is -0.718. The van der Waals surface area contributed by atoms with Gasteiger partial charge in [0.25, 0.3) is 0 Å². The fraction of sp³-hybridized carbons (Fsp3) is 0. The zero-order chi connectivity index (χ0) is 11.3. The van der Waals surface area contributed by atoms with Crippen molar-refractivity contribution < 1.29 is 19.4 Å². The lowest BCUT2D eigenvalue weighted by Crippen LogP contribution is -2.19. The van der Waals surface area contributed by atoms with Crippen LogP contribution < -0.4 is 0 Å². The molecule has 0 saturated heterocycles. The van der Waals surface area contributed by atoms with E-state index in [1.807, 2.05) is 0 Å². The lowest BCUT2D eigenvalue weighted by Gasteiger charge is -2.15. The molecular formula is C12H6O4. The minimum Gasteiger partial charge on any atom is -0.508 e. The number of carbonyl (C=O) groups is 2. The van der Waals surface area contributed by atoms with Crippen LogP contribution in [0.2, 0.25) is 0 Å². The number of esters is 2. The minimum absolute atomic E-state index is 0.0223. The maximum Gasteiger partial charge on any atom is 0.346 e. The standard InChI is InChI=1S/C12H6O4/c13-7-4-6-2-1-3-8-10(6)9(5-7)12(15)16-11(8)14/h1-5,13H. The van der Waals surface area contributed by atoms with Crippen molar-refractivity contribution in [3.63, 3.8) is 0 Å². The summed E-state index contributed by atoms with van der Waals surface area (Å²) in [5, 5.41) is 10.6. The number of rotatable bonds is 0. The molecule has 0 fully saturated rings. The Hall–Kier alpha value is -2.36. The maximum atomic E-state index is 11.5. The van der Waals surface area contributed by atoms with Crippen LogP contribution >= 0.6 is 0 Å². The lowest BCUT2D eigenvalue weighted by atomic mass is 9.97. The normalized spacial score (nSPS) is 14.0. The molecule has 16 heavy (non-hydrogen) atoms.